The lowest BCUT2D eigenvalue weighted by molar-refractivity contribution is -0.173. The Morgan fingerprint density at radius 1 is 1.29 bits per heavy atom. The Morgan fingerprint density at radius 3 is 2.29 bits per heavy atom. The molecule has 0 aliphatic carbocycles. The van der Waals surface area contributed by atoms with Crippen molar-refractivity contribution < 1.29 is 17.9 Å². The highest BCUT2D eigenvalue weighted by atomic mass is 35.5. The Hall–Kier alpha value is -0.0000000000000000555. The van der Waals surface area contributed by atoms with E-state index < -0.39 is 12.8 Å². The minimum absolute atomic E-state index is 0.0276. The summed E-state index contributed by atoms with van der Waals surface area (Å²) < 4.78 is 39.3. The number of ether oxygens (including phenoxy) is 1. The summed E-state index contributed by atoms with van der Waals surface area (Å²) in [6, 6.07) is 0. The summed E-state index contributed by atoms with van der Waals surface area (Å²) in [4.78, 5) is 0. The minimum Gasteiger partial charge on any atom is -0.371 e. The highest BCUT2D eigenvalue weighted by Crippen LogP contribution is 2.14. The van der Waals surface area contributed by atoms with Crippen LogP contribution < -0.4 is 5.32 Å². The number of alkyl halides is 4. The summed E-state index contributed by atoms with van der Waals surface area (Å²) in [6.07, 6.45) is -4.25. The van der Waals surface area contributed by atoms with E-state index >= 15 is 0 Å². The molecule has 0 radical (unpaired) electrons. The van der Waals surface area contributed by atoms with Gasteiger partial charge in [0.2, 0.25) is 0 Å². The van der Waals surface area contributed by atoms with Crippen LogP contribution in [0.1, 0.15) is 13.8 Å². The molecule has 0 aromatic carbocycles. The second-order valence-electron chi connectivity index (χ2n) is 3.61. The molecule has 1 N–H and O–H groups in total. The summed E-state index contributed by atoms with van der Waals surface area (Å²) >= 11 is 5.60. The fraction of sp³-hybridized carbons (Fsp3) is 1.00. The molecule has 0 atom stereocenters. The van der Waals surface area contributed by atoms with Gasteiger partial charge in [0.25, 0.3) is 0 Å². The second-order valence-corrected chi connectivity index (χ2v) is 3.88. The molecule has 0 aromatic rings. The van der Waals surface area contributed by atoms with Crippen LogP contribution >= 0.6 is 11.6 Å². The molecule has 0 rings (SSSR count). The molecule has 0 heterocycles. The largest absolute Gasteiger partial charge is 0.411 e. The SMILES string of the molecule is CC(C)(CCl)NCCOCC(F)(F)F. The monoisotopic (exact) mass is 233 g/mol. The molecule has 2 nitrogen and oxygen atoms in total. The molecular formula is C8H15ClF3NO. The van der Waals surface area contributed by atoms with Gasteiger partial charge in [-0.1, -0.05) is 0 Å². The van der Waals surface area contributed by atoms with Crippen molar-refractivity contribution in [2.75, 3.05) is 25.6 Å². The van der Waals surface area contributed by atoms with E-state index in [2.05, 4.69) is 10.1 Å². The van der Waals surface area contributed by atoms with Crippen molar-refractivity contribution in [3.63, 3.8) is 0 Å². The topological polar surface area (TPSA) is 21.3 Å². The summed E-state index contributed by atoms with van der Waals surface area (Å²) in [5, 5.41) is 2.97. The van der Waals surface area contributed by atoms with Crippen molar-refractivity contribution in [1.29, 1.82) is 0 Å². The van der Waals surface area contributed by atoms with Gasteiger partial charge in [-0.25, -0.2) is 0 Å². The van der Waals surface area contributed by atoms with Gasteiger partial charge in [-0.05, 0) is 13.8 Å². The highest BCUT2D eigenvalue weighted by Gasteiger charge is 2.27. The third-order valence-electron chi connectivity index (χ3n) is 1.45. The van der Waals surface area contributed by atoms with Crippen molar-refractivity contribution in [2.45, 2.75) is 25.6 Å². The molecule has 6 heteroatoms. The predicted molar refractivity (Wildman–Crippen MR) is 49.7 cm³/mol. The quantitative estimate of drug-likeness (QED) is 0.561. The summed E-state index contributed by atoms with van der Waals surface area (Å²) in [5.74, 6) is 0.395. The number of nitrogens with one attached hydrogen (secondary N) is 1. The summed E-state index contributed by atoms with van der Waals surface area (Å²) in [6.45, 7) is 2.92. The van der Waals surface area contributed by atoms with E-state index in [-0.39, 0.29) is 12.1 Å². The first kappa shape index (κ1) is 14.0. The number of hydrogen-bond donors (Lipinski definition) is 1. The molecule has 0 fully saturated rings. The van der Waals surface area contributed by atoms with Crippen LogP contribution in [0.25, 0.3) is 0 Å². The average Bonchev–Trinajstić information content (AvgIpc) is 2.01. The van der Waals surface area contributed by atoms with Crippen LogP contribution in [0.15, 0.2) is 0 Å². The normalized spacial score (nSPS) is 13.3. The molecule has 0 bridgehead atoms. The molecule has 0 spiro atoms. The average molecular weight is 234 g/mol. The fourth-order valence-electron chi connectivity index (χ4n) is 0.697. The van der Waals surface area contributed by atoms with Crippen LogP contribution in [0.3, 0.4) is 0 Å². The van der Waals surface area contributed by atoms with Crippen molar-refractivity contribution in [3.8, 4) is 0 Å². The Bertz CT molecular complexity index is 161. The standard InChI is InChI=1S/C8H15ClF3NO/c1-7(2,5-9)13-3-4-14-6-8(10,11)12/h13H,3-6H2,1-2H3. The molecule has 0 aliphatic heterocycles. The second kappa shape index (κ2) is 5.78. The van der Waals surface area contributed by atoms with Gasteiger partial charge in [0, 0.05) is 18.0 Å². The molecule has 0 saturated carbocycles. The lowest BCUT2D eigenvalue weighted by Crippen LogP contribution is -2.42. The Balaban J connectivity index is 3.39. The molecule has 86 valence electrons. The maximum atomic E-state index is 11.6. The minimum atomic E-state index is -4.25. The molecular weight excluding hydrogens is 219 g/mol. The number of halogens is 4. The molecule has 0 unspecified atom stereocenters. The van der Waals surface area contributed by atoms with Crippen LogP contribution in [0.5, 0.6) is 0 Å². The third-order valence-corrected chi connectivity index (χ3v) is 2.12. The maximum absolute atomic E-state index is 11.6. The number of hydrogen-bond acceptors (Lipinski definition) is 2. The summed E-state index contributed by atoms with van der Waals surface area (Å²) in [5.41, 5.74) is -0.275. The first-order chi connectivity index (χ1) is 6.27. The van der Waals surface area contributed by atoms with Gasteiger partial charge in [0.1, 0.15) is 6.61 Å². The van der Waals surface area contributed by atoms with Crippen LogP contribution in [-0.2, 0) is 4.74 Å². The van der Waals surface area contributed by atoms with Crippen molar-refractivity contribution >= 4 is 11.6 Å². The first-order valence-corrected chi connectivity index (χ1v) is 4.76. The van der Waals surface area contributed by atoms with Crippen molar-refractivity contribution in [2.24, 2.45) is 0 Å². The van der Waals surface area contributed by atoms with Crippen LogP contribution in [0, 0.1) is 0 Å². The maximum Gasteiger partial charge on any atom is 0.411 e. The molecule has 0 amide bonds. The fourth-order valence-corrected chi connectivity index (χ4v) is 0.791. The van der Waals surface area contributed by atoms with E-state index in [1.807, 2.05) is 13.8 Å². The van der Waals surface area contributed by atoms with E-state index in [0.717, 1.165) is 0 Å². The van der Waals surface area contributed by atoms with E-state index in [1.165, 1.54) is 0 Å². The Labute approximate surface area is 86.8 Å². The Morgan fingerprint density at radius 2 is 1.86 bits per heavy atom. The molecule has 0 aromatic heterocycles. The molecule has 0 saturated heterocycles. The van der Waals surface area contributed by atoms with Gasteiger partial charge in [0.15, 0.2) is 0 Å². The zero-order valence-corrected chi connectivity index (χ0v) is 9.00. The van der Waals surface area contributed by atoms with Crippen molar-refractivity contribution in [3.05, 3.63) is 0 Å². The zero-order valence-electron chi connectivity index (χ0n) is 8.25. The Kier molecular flexibility index (Phi) is 5.78. The van der Waals surface area contributed by atoms with Gasteiger partial charge in [0.05, 0.1) is 6.61 Å². The molecule has 0 aliphatic rings. The van der Waals surface area contributed by atoms with Gasteiger partial charge < -0.3 is 10.1 Å². The lowest BCUT2D eigenvalue weighted by atomic mass is 10.1. The van der Waals surface area contributed by atoms with Crippen molar-refractivity contribution in [1.82, 2.24) is 5.32 Å². The van der Waals surface area contributed by atoms with E-state index in [1.54, 1.807) is 0 Å². The molecule has 14 heavy (non-hydrogen) atoms. The van der Waals surface area contributed by atoms with Gasteiger partial charge in [-0.2, -0.15) is 13.2 Å². The van der Waals surface area contributed by atoms with E-state index in [9.17, 15) is 13.2 Å². The zero-order chi connectivity index (χ0) is 11.2. The highest BCUT2D eigenvalue weighted by molar-refractivity contribution is 6.18. The first-order valence-electron chi connectivity index (χ1n) is 4.22. The van der Waals surface area contributed by atoms with Crippen LogP contribution in [-0.4, -0.2) is 37.4 Å². The van der Waals surface area contributed by atoms with Gasteiger partial charge in [-0.3, -0.25) is 0 Å². The third kappa shape index (κ3) is 8.59. The van der Waals surface area contributed by atoms with Crippen LogP contribution in [0.2, 0.25) is 0 Å². The van der Waals surface area contributed by atoms with Gasteiger partial charge in [-0.15, -0.1) is 11.6 Å². The number of rotatable bonds is 6. The smallest absolute Gasteiger partial charge is 0.371 e. The lowest BCUT2D eigenvalue weighted by Gasteiger charge is -2.23. The van der Waals surface area contributed by atoms with Gasteiger partial charge >= 0.3 is 6.18 Å². The summed E-state index contributed by atoms with van der Waals surface area (Å²) in [7, 11) is 0. The van der Waals surface area contributed by atoms with E-state index in [0.29, 0.717) is 12.4 Å². The predicted octanol–water partition coefficient (Wildman–Crippen LogP) is 2.17. The van der Waals surface area contributed by atoms with Crippen LogP contribution in [0.4, 0.5) is 13.2 Å². The van der Waals surface area contributed by atoms with E-state index in [4.69, 9.17) is 11.6 Å².